The first-order valence-electron chi connectivity index (χ1n) is 4.40. The molecule has 6 heteroatoms. The van der Waals surface area contributed by atoms with Gasteiger partial charge < -0.3 is 10.2 Å². The maximum atomic E-state index is 7.75. The zero-order valence-corrected chi connectivity index (χ0v) is 9.03. The highest BCUT2D eigenvalue weighted by Gasteiger charge is 2.15. The van der Waals surface area contributed by atoms with Crippen LogP contribution in [-0.2, 0) is 0 Å². The molecule has 0 spiro atoms. The summed E-state index contributed by atoms with van der Waals surface area (Å²) in [4.78, 5) is 2.76. The largest absolute Gasteiger partial charge is 0.445 e. The van der Waals surface area contributed by atoms with Crippen LogP contribution in [0.5, 0.6) is 0 Å². The van der Waals surface area contributed by atoms with Crippen LogP contribution in [0.25, 0.3) is 0 Å². The Balaban J connectivity index is 2.81. The minimum atomic E-state index is -0.185. The van der Waals surface area contributed by atoms with Gasteiger partial charge in [-0.15, -0.1) is 0 Å². The van der Waals surface area contributed by atoms with Gasteiger partial charge in [-0.2, -0.15) is 0 Å². The van der Waals surface area contributed by atoms with Crippen LogP contribution in [0, 0.1) is 17.7 Å². The van der Waals surface area contributed by atoms with E-state index in [0.29, 0.717) is 5.88 Å². The lowest BCUT2D eigenvalue weighted by Crippen LogP contribution is -2.45. The number of anilines is 1. The molecule has 0 aliphatic heterocycles. The number of nitrogens with one attached hydrogen (secondary N) is 2. The fourth-order valence-corrected chi connectivity index (χ4v) is 1.05. The number of rotatable bonds is 1. The summed E-state index contributed by atoms with van der Waals surface area (Å²) in [5.74, 6) is 1.22. The van der Waals surface area contributed by atoms with Crippen molar-refractivity contribution >= 4 is 17.8 Å². The third-order valence-electron chi connectivity index (χ3n) is 2.05. The second-order valence-corrected chi connectivity index (χ2v) is 3.21. The van der Waals surface area contributed by atoms with Crippen molar-refractivity contribution in [2.45, 2.75) is 6.92 Å². The van der Waals surface area contributed by atoms with Crippen molar-refractivity contribution in [2.24, 2.45) is 5.73 Å². The van der Waals surface area contributed by atoms with E-state index in [1.54, 1.807) is 20.2 Å². The number of hydrogen-bond donors (Lipinski definition) is 3. The molecule has 0 aromatic carbocycles. The lowest BCUT2D eigenvalue weighted by atomic mass is 10.5. The van der Waals surface area contributed by atoms with E-state index in [4.69, 9.17) is 21.0 Å². The van der Waals surface area contributed by atoms with Crippen LogP contribution in [0.2, 0.25) is 0 Å². The van der Waals surface area contributed by atoms with Gasteiger partial charge in [0.1, 0.15) is 5.76 Å². The van der Waals surface area contributed by atoms with Crippen LogP contribution in [0.1, 0.15) is 5.76 Å². The quantitative estimate of drug-likeness (QED) is 0.470. The fraction of sp³-hybridized carbons (Fsp3) is 0.333. The standard InChI is InChI=1S/C9H15N5O/c1-6-4-5-7(15-6)13(2)9(12)14(3)8(10)11/h4-5,12H,1-3H3,(H3,10,11). The molecule has 1 aromatic heterocycles. The normalized spacial score (nSPS) is 9.80. The van der Waals surface area contributed by atoms with Crippen LogP contribution in [-0.4, -0.2) is 30.9 Å². The average Bonchev–Trinajstić information content (AvgIpc) is 2.61. The van der Waals surface area contributed by atoms with Gasteiger partial charge in [0.25, 0.3) is 0 Å². The molecule has 0 unspecified atom stereocenters. The van der Waals surface area contributed by atoms with Crippen molar-refractivity contribution in [3.05, 3.63) is 17.9 Å². The van der Waals surface area contributed by atoms with Gasteiger partial charge in [-0.25, -0.2) is 0 Å². The highest BCUT2D eigenvalue weighted by atomic mass is 16.4. The van der Waals surface area contributed by atoms with Crippen molar-refractivity contribution in [3.63, 3.8) is 0 Å². The van der Waals surface area contributed by atoms with Gasteiger partial charge in [-0.05, 0) is 13.0 Å². The van der Waals surface area contributed by atoms with Crippen molar-refractivity contribution in [1.29, 1.82) is 10.8 Å². The molecular formula is C9H15N5O. The third kappa shape index (κ3) is 2.28. The summed E-state index contributed by atoms with van der Waals surface area (Å²) in [5, 5.41) is 14.9. The Kier molecular flexibility index (Phi) is 2.99. The Morgan fingerprint density at radius 2 is 1.93 bits per heavy atom. The molecule has 1 heterocycles. The van der Waals surface area contributed by atoms with Crippen molar-refractivity contribution in [3.8, 4) is 0 Å². The maximum absolute atomic E-state index is 7.75. The van der Waals surface area contributed by atoms with Gasteiger partial charge in [0.2, 0.25) is 11.8 Å². The smallest absolute Gasteiger partial charge is 0.207 e. The molecule has 0 radical (unpaired) electrons. The van der Waals surface area contributed by atoms with E-state index in [0.717, 1.165) is 5.76 Å². The molecular weight excluding hydrogens is 194 g/mol. The molecule has 6 nitrogen and oxygen atoms in total. The second kappa shape index (κ2) is 4.04. The van der Waals surface area contributed by atoms with Crippen LogP contribution in [0.3, 0.4) is 0 Å². The van der Waals surface area contributed by atoms with E-state index in [-0.39, 0.29) is 11.9 Å². The monoisotopic (exact) mass is 209 g/mol. The van der Waals surface area contributed by atoms with Crippen LogP contribution < -0.4 is 10.6 Å². The first kappa shape index (κ1) is 11.1. The van der Waals surface area contributed by atoms with E-state index in [1.807, 2.05) is 13.0 Å². The summed E-state index contributed by atoms with van der Waals surface area (Å²) >= 11 is 0. The number of aryl methyl sites for hydroxylation is 1. The highest BCUT2D eigenvalue weighted by molar-refractivity contribution is 6.02. The summed E-state index contributed by atoms with van der Waals surface area (Å²) in [7, 11) is 3.23. The Labute approximate surface area is 88.3 Å². The molecule has 15 heavy (non-hydrogen) atoms. The Morgan fingerprint density at radius 3 is 2.33 bits per heavy atom. The lowest BCUT2D eigenvalue weighted by Gasteiger charge is -2.24. The predicted octanol–water partition coefficient (Wildman–Crippen LogP) is 0.784. The van der Waals surface area contributed by atoms with Crippen molar-refractivity contribution in [1.82, 2.24) is 4.90 Å². The van der Waals surface area contributed by atoms with Gasteiger partial charge in [0, 0.05) is 20.2 Å². The van der Waals surface area contributed by atoms with Crippen molar-refractivity contribution in [2.75, 3.05) is 19.0 Å². The van der Waals surface area contributed by atoms with Crippen molar-refractivity contribution < 1.29 is 4.42 Å². The van der Waals surface area contributed by atoms with Crippen LogP contribution in [0.15, 0.2) is 16.5 Å². The SMILES string of the molecule is Cc1ccc(N(C)C(=N)N(C)C(=N)N)o1. The minimum absolute atomic E-state index is 0.0804. The van der Waals surface area contributed by atoms with Gasteiger partial charge in [-0.3, -0.25) is 20.6 Å². The molecule has 4 N–H and O–H groups in total. The average molecular weight is 209 g/mol. The zero-order valence-electron chi connectivity index (χ0n) is 9.03. The summed E-state index contributed by atoms with van der Waals surface area (Å²) in [5.41, 5.74) is 5.27. The molecule has 0 aliphatic carbocycles. The summed E-state index contributed by atoms with van der Waals surface area (Å²) in [6.45, 7) is 1.83. The zero-order chi connectivity index (χ0) is 11.6. The fourth-order valence-electron chi connectivity index (χ4n) is 1.05. The van der Waals surface area contributed by atoms with E-state index in [2.05, 4.69) is 0 Å². The molecule has 0 aliphatic rings. The predicted molar refractivity (Wildman–Crippen MR) is 59.3 cm³/mol. The minimum Gasteiger partial charge on any atom is -0.445 e. The number of nitrogens with zero attached hydrogens (tertiary/aromatic N) is 2. The summed E-state index contributed by atoms with van der Waals surface area (Å²) < 4.78 is 5.34. The van der Waals surface area contributed by atoms with Gasteiger partial charge >= 0.3 is 0 Å². The summed E-state index contributed by atoms with van der Waals surface area (Å²) in [6.07, 6.45) is 0. The molecule has 1 rings (SSSR count). The Bertz CT molecular complexity index is 384. The van der Waals surface area contributed by atoms with Crippen LogP contribution >= 0.6 is 0 Å². The van der Waals surface area contributed by atoms with Gasteiger partial charge in [0.15, 0.2) is 5.96 Å². The van der Waals surface area contributed by atoms with Crippen LogP contribution in [0.4, 0.5) is 5.88 Å². The number of nitrogens with two attached hydrogens (primary N) is 1. The number of furan rings is 1. The van der Waals surface area contributed by atoms with E-state index in [9.17, 15) is 0 Å². The topological polar surface area (TPSA) is 93.3 Å². The first-order valence-corrected chi connectivity index (χ1v) is 4.40. The Hall–Kier alpha value is -1.98. The molecule has 0 amide bonds. The first-order chi connectivity index (χ1) is 6.93. The molecule has 0 atom stereocenters. The van der Waals surface area contributed by atoms with Gasteiger partial charge in [-0.1, -0.05) is 0 Å². The van der Waals surface area contributed by atoms with E-state index >= 15 is 0 Å². The Morgan fingerprint density at radius 1 is 1.33 bits per heavy atom. The number of guanidine groups is 2. The molecule has 0 saturated heterocycles. The third-order valence-corrected chi connectivity index (χ3v) is 2.05. The molecule has 82 valence electrons. The van der Waals surface area contributed by atoms with E-state index in [1.165, 1.54) is 9.80 Å². The molecule has 0 saturated carbocycles. The second-order valence-electron chi connectivity index (χ2n) is 3.21. The highest BCUT2D eigenvalue weighted by Crippen LogP contribution is 2.16. The molecule has 1 aromatic rings. The lowest BCUT2D eigenvalue weighted by molar-refractivity contribution is 0.535. The van der Waals surface area contributed by atoms with E-state index < -0.39 is 0 Å². The molecule has 0 fully saturated rings. The van der Waals surface area contributed by atoms with Gasteiger partial charge in [0.05, 0.1) is 0 Å². The number of hydrogen-bond acceptors (Lipinski definition) is 3. The summed E-state index contributed by atoms with van der Waals surface area (Å²) in [6, 6.07) is 3.57. The maximum Gasteiger partial charge on any atom is 0.207 e. The molecule has 0 bridgehead atoms.